The van der Waals surface area contributed by atoms with Crippen LogP contribution in [0.1, 0.15) is 0 Å². The number of rotatable bonds is 0. The molecular weight excluding hydrogens is 372 g/mol. The normalized spacial score (nSPS) is 11.9. The lowest BCUT2D eigenvalue weighted by Crippen LogP contribution is -1.79. The number of hydrogen-bond acceptors (Lipinski definition) is 1. The van der Waals surface area contributed by atoms with Gasteiger partial charge in [0.2, 0.25) is 0 Å². The van der Waals surface area contributed by atoms with E-state index >= 15 is 0 Å². The fraction of sp³-hybridized carbons (Fsp3) is 0. The van der Waals surface area contributed by atoms with Gasteiger partial charge in [0.25, 0.3) is 0 Å². The standard InChI is InChI=1S/C20H10BrClO/c21-15-9-17-19(13-7-3-1-5-11(13)15)20-14-8-4-2-6-12(14)16(22)10-18(20)23-17/h1-10H. The zero-order valence-electron chi connectivity index (χ0n) is 11.9. The van der Waals surface area contributed by atoms with E-state index in [9.17, 15) is 0 Å². The number of halogens is 2. The van der Waals surface area contributed by atoms with E-state index in [1.807, 2.05) is 24.3 Å². The van der Waals surface area contributed by atoms with E-state index in [4.69, 9.17) is 16.0 Å². The summed E-state index contributed by atoms with van der Waals surface area (Å²) in [6.45, 7) is 0. The van der Waals surface area contributed by atoms with Crippen molar-refractivity contribution in [3.05, 3.63) is 70.2 Å². The molecule has 0 fully saturated rings. The summed E-state index contributed by atoms with van der Waals surface area (Å²) in [6, 6.07) is 20.5. The van der Waals surface area contributed by atoms with Crippen LogP contribution >= 0.6 is 27.5 Å². The minimum atomic E-state index is 0.718. The van der Waals surface area contributed by atoms with Crippen LogP contribution in [0.4, 0.5) is 0 Å². The summed E-state index contributed by atoms with van der Waals surface area (Å²) in [5, 5.41) is 7.54. The third-order valence-corrected chi connectivity index (χ3v) is 5.35. The Morgan fingerprint density at radius 1 is 0.696 bits per heavy atom. The Balaban J connectivity index is 2.18. The van der Waals surface area contributed by atoms with Gasteiger partial charge in [-0.3, -0.25) is 0 Å². The maximum absolute atomic E-state index is 6.44. The fourth-order valence-electron chi connectivity index (χ4n) is 3.41. The van der Waals surface area contributed by atoms with E-state index < -0.39 is 0 Å². The molecule has 110 valence electrons. The van der Waals surface area contributed by atoms with Crippen LogP contribution in [-0.2, 0) is 0 Å². The van der Waals surface area contributed by atoms with Gasteiger partial charge in [-0.25, -0.2) is 0 Å². The van der Waals surface area contributed by atoms with E-state index in [2.05, 4.69) is 52.3 Å². The maximum atomic E-state index is 6.44. The molecule has 0 saturated carbocycles. The molecule has 0 atom stereocenters. The molecule has 1 aromatic heterocycles. The van der Waals surface area contributed by atoms with Crippen molar-refractivity contribution in [3.8, 4) is 0 Å². The van der Waals surface area contributed by atoms with Crippen molar-refractivity contribution in [2.24, 2.45) is 0 Å². The van der Waals surface area contributed by atoms with Crippen molar-refractivity contribution >= 4 is 71.0 Å². The van der Waals surface area contributed by atoms with Crippen molar-refractivity contribution in [1.82, 2.24) is 0 Å². The predicted molar refractivity (Wildman–Crippen MR) is 101 cm³/mol. The summed E-state index contributed by atoms with van der Waals surface area (Å²) in [4.78, 5) is 0. The first-order chi connectivity index (χ1) is 11.2. The molecule has 0 spiro atoms. The van der Waals surface area contributed by atoms with E-state index in [1.165, 1.54) is 10.8 Å². The lowest BCUT2D eigenvalue weighted by Gasteiger charge is -2.04. The summed E-state index contributed by atoms with van der Waals surface area (Å²) < 4.78 is 7.15. The minimum Gasteiger partial charge on any atom is -0.456 e. The topological polar surface area (TPSA) is 13.1 Å². The SMILES string of the molecule is Clc1cc2oc3cc(Br)c4ccccc4c3c2c2ccccc12. The first-order valence-corrected chi connectivity index (χ1v) is 8.52. The molecule has 5 rings (SSSR count). The third-order valence-electron chi connectivity index (χ3n) is 4.39. The molecule has 0 aliphatic heterocycles. The summed E-state index contributed by atoms with van der Waals surface area (Å²) in [5.74, 6) is 0. The molecule has 0 saturated heterocycles. The fourth-order valence-corrected chi connectivity index (χ4v) is 4.23. The van der Waals surface area contributed by atoms with Crippen molar-refractivity contribution < 1.29 is 4.42 Å². The number of fused-ring (bicyclic) bond motifs is 7. The Kier molecular flexibility index (Phi) is 2.76. The molecule has 1 nitrogen and oxygen atoms in total. The zero-order chi connectivity index (χ0) is 15.6. The quantitative estimate of drug-likeness (QED) is 0.274. The molecular formula is C20H10BrClO. The smallest absolute Gasteiger partial charge is 0.137 e. The maximum Gasteiger partial charge on any atom is 0.137 e. The van der Waals surface area contributed by atoms with Gasteiger partial charge in [-0.1, -0.05) is 76.1 Å². The van der Waals surface area contributed by atoms with Gasteiger partial charge in [-0.2, -0.15) is 0 Å². The van der Waals surface area contributed by atoms with Gasteiger partial charge < -0.3 is 4.42 Å². The van der Waals surface area contributed by atoms with Crippen LogP contribution < -0.4 is 0 Å². The molecule has 5 aromatic rings. The molecule has 3 heteroatoms. The average Bonchev–Trinajstić information content (AvgIpc) is 2.93. The highest BCUT2D eigenvalue weighted by Crippen LogP contribution is 2.42. The summed E-state index contributed by atoms with van der Waals surface area (Å²) in [7, 11) is 0. The molecule has 0 unspecified atom stereocenters. The van der Waals surface area contributed by atoms with Crippen molar-refractivity contribution in [3.63, 3.8) is 0 Å². The monoisotopic (exact) mass is 380 g/mol. The van der Waals surface area contributed by atoms with Crippen molar-refractivity contribution in [2.75, 3.05) is 0 Å². The summed E-state index contributed by atoms with van der Waals surface area (Å²) >= 11 is 10.1. The van der Waals surface area contributed by atoms with Gasteiger partial charge in [-0.05, 0) is 22.2 Å². The second-order valence-corrected chi connectivity index (χ2v) is 6.92. The lowest BCUT2D eigenvalue weighted by molar-refractivity contribution is 0.669. The minimum absolute atomic E-state index is 0.718. The molecule has 0 aliphatic carbocycles. The van der Waals surface area contributed by atoms with Crippen LogP contribution in [0.3, 0.4) is 0 Å². The van der Waals surface area contributed by atoms with E-state index in [0.29, 0.717) is 0 Å². The molecule has 0 amide bonds. The number of benzene rings is 4. The molecule has 0 radical (unpaired) electrons. The second kappa shape index (κ2) is 4.73. The first kappa shape index (κ1) is 13.4. The van der Waals surface area contributed by atoms with E-state index in [0.717, 1.165) is 42.2 Å². The highest BCUT2D eigenvalue weighted by atomic mass is 79.9. The molecule has 0 aliphatic rings. The van der Waals surface area contributed by atoms with Crippen LogP contribution in [0.25, 0.3) is 43.5 Å². The van der Waals surface area contributed by atoms with E-state index in [1.54, 1.807) is 0 Å². The van der Waals surface area contributed by atoms with Crippen molar-refractivity contribution in [2.45, 2.75) is 0 Å². The van der Waals surface area contributed by atoms with Gasteiger partial charge in [0.15, 0.2) is 0 Å². The van der Waals surface area contributed by atoms with Crippen LogP contribution in [0.2, 0.25) is 5.02 Å². The van der Waals surface area contributed by atoms with Gasteiger partial charge in [0.1, 0.15) is 11.2 Å². The second-order valence-electron chi connectivity index (χ2n) is 5.66. The predicted octanol–water partition coefficient (Wildman–Crippen LogP) is 7.31. The van der Waals surface area contributed by atoms with Crippen LogP contribution in [0.5, 0.6) is 0 Å². The Morgan fingerprint density at radius 3 is 1.91 bits per heavy atom. The molecule has 4 aromatic carbocycles. The Bertz CT molecular complexity index is 1140. The summed E-state index contributed by atoms with van der Waals surface area (Å²) in [6.07, 6.45) is 0. The number of furan rings is 1. The lowest BCUT2D eigenvalue weighted by atomic mass is 10.00. The van der Waals surface area contributed by atoms with Gasteiger partial charge in [0, 0.05) is 26.7 Å². The van der Waals surface area contributed by atoms with Gasteiger partial charge in [0.05, 0.1) is 5.02 Å². The molecule has 0 N–H and O–H groups in total. The molecule has 0 bridgehead atoms. The molecule has 23 heavy (non-hydrogen) atoms. The van der Waals surface area contributed by atoms with Crippen LogP contribution in [-0.4, -0.2) is 0 Å². The Labute approximate surface area is 145 Å². The Hall–Kier alpha value is -2.03. The number of hydrogen-bond donors (Lipinski definition) is 0. The third kappa shape index (κ3) is 1.79. The summed E-state index contributed by atoms with van der Waals surface area (Å²) in [5.41, 5.74) is 1.70. The first-order valence-electron chi connectivity index (χ1n) is 7.35. The Morgan fingerprint density at radius 2 is 1.22 bits per heavy atom. The van der Waals surface area contributed by atoms with Crippen LogP contribution in [0.15, 0.2) is 69.6 Å². The average molecular weight is 382 g/mol. The zero-order valence-corrected chi connectivity index (χ0v) is 14.3. The van der Waals surface area contributed by atoms with Gasteiger partial charge in [-0.15, -0.1) is 0 Å². The van der Waals surface area contributed by atoms with Crippen LogP contribution in [0, 0.1) is 0 Å². The highest BCUT2D eigenvalue weighted by Gasteiger charge is 2.16. The van der Waals surface area contributed by atoms with E-state index in [-0.39, 0.29) is 0 Å². The largest absolute Gasteiger partial charge is 0.456 e. The van der Waals surface area contributed by atoms with Gasteiger partial charge >= 0.3 is 0 Å². The highest BCUT2D eigenvalue weighted by molar-refractivity contribution is 9.10. The molecule has 1 heterocycles. The van der Waals surface area contributed by atoms with Crippen molar-refractivity contribution in [1.29, 1.82) is 0 Å².